The van der Waals surface area contributed by atoms with Gasteiger partial charge in [0.1, 0.15) is 0 Å². The molecule has 0 aliphatic carbocycles. The van der Waals surface area contributed by atoms with Gasteiger partial charge in [0.05, 0.1) is 0 Å². The fourth-order valence-corrected chi connectivity index (χ4v) is 1.00. The molecule has 2 nitrogen and oxygen atoms in total. The van der Waals surface area contributed by atoms with E-state index in [9.17, 15) is 0 Å². The lowest BCUT2D eigenvalue weighted by Crippen LogP contribution is -2.34. The lowest BCUT2D eigenvalue weighted by atomic mass is 10.2. The van der Waals surface area contributed by atoms with Gasteiger partial charge in [0.2, 0.25) is 0 Å². The van der Waals surface area contributed by atoms with Crippen molar-refractivity contribution in [2.75, 3.05) is 20.1 Å². The lowest BCUT2D eigenvalue weighted by Gasteiger charge is -2.19. The Hall–Kier alpha value is -0.0800. The van der Waals surface area contributed by atoms with Crippen LogP contribution in [0.5, 0.6) is 0 Å². The minimum atomic E-state index is 0.358. The molecule has 0 aliphatic rings. The summed E-state index contributed by atoms with van der Waals surface area (Å²) in [6.45, 7) is 6.51. The summed E-state index contributed by atoms with van der Waals surface area (Å²) in [6.07, 6.45) is 2.29. The normalized spacial score (nSPS) is 14.1. The van der Waals surface area contributed by atoms with Crippen molar-refractivity contribution in [1.29, 1.82) is 0 Å². The Bertz CT molecular complexity index is 73.7. The van der Waals surface area contributed by atoms with Crippen LogP contribution in [0.4, 0.5) is 0 Å². The molecule has 0 aromatic rings. The first-order valence-corrected chi connectivity index (χ1v) is 4.14. The molecule has 1 atom stereocenters. The third-order valence-corrected chi connectivity index (χ3v) is 1.68. The van der Waals surface area contributed by atoms with Crippen LogP contribution in [-0.2, 0) is 0 Å². The molecular formula is C8H20N2. The van der Waals surface area contributed by atoms with Crippen molar-refractivity contribution in [1.82, 2.24) is 4.90 Å². The van der Waals surface area contributed by atoms with Crippen LogP contribution in [0.1, 0.15) is 26.7 Å². The first kappa shape index (κ1) is 9.92. The zero-order valence-corrected chi connectivity index (χ0v) is 7.43. The van der Waals surface area contributed by atoms with Crippen LogP contribution in [0.25, 0.3) is 0 Å². The highest BCUT2D eigenvalue weighted by molar-refractivity contribution is 4.62. The molecule has 0 rings (SSSR count). The summed E-state index contributed by atoms with van der Waals surface area (Å²) >= 11 is 0. The lowest BCUT2D eigenvalue weighted by molar-refractivity contribution is 0.308. The van der Waals surface area contributed by atoms with E-state index in [1.54, 1.807) is 0 Å². The van der Waals surface area contributed by atoms with Crippen molar-refractivity contribution < 1.29 is 0 Å². The highest BCUT2D eigenvalue weighted by Crippen LogP contribution is 1.91. The Morgan fingerprint density at radius 3 is 2.40 bits per heavy atom. The van der Waals surface area contributed by atoms with E-state index >= 15 is 0 Å². The number of hydrogen-bond acceptors (Lipinski definition) is 2. The summed E-state index contributed by atoms with van der Waals surface area (Å²) in [6, 6.07) is 0.358. The SMILES string of the molecule is CCCN(C)CC(N)CC. The second-order valence-electron chi connectivity index (χ2n) is 2.93. The van der Waals surface area contributed by atoms with E-state index in [2.05, 4.69) is 25.8 Å². The van der Waals surface area contributed by atoms with Crippen LogP contribution in [0.15, 0.2) is 0 Å². The van der Waals surface area contributed by atoms with Crippen molar-refractivity contribution in [3.63, 3.8) is 0 Å². The van der Waals surface area contributed by atoms with Crippen LogP contribution >= 0.6 is 0 Å². The molecule has 0 bridgehead atoms. The first-order chi connectivity index (χ1) is 4.70. The second kappa shape index (κ2) is 5.69. The topological polar surface area (TPSA) is 29.3 Å². The molecule has 0 fully saturated rings. The summed E-state index contributed by atoms with van der Waals surface area (Å²) in [5, 5.41) is 0. The fourth-order valence-electron chi connectivity index (χ4n) is 1.00. The van der Waals surface area contributed by atoms with E-state index in [0.717, 1.165) is 19.5 Å². The maximum Gasteiger partial charge on any atom is 0.0165 e. The highest BCUT2D eigenvalue weighted by Gasteiger charge is 2.01. The summed E-state index contributed by atoms with van der Waals surface area (Å²) in [5.74, 6) is 0. The van der Waals surface area contributed by atoms with Gasteiger partial charge in [-0.3, -0.25) is 0 Å². The summed E-state index contributed by atoms with van der Waals surface area (Å²) in [7, 11) is 2.12. The van der Waals surface area contributed by atoms with Crippen LogP contribution in [0.2, 0.25) is 0 Å². The van der Waals surface area contributed by atoms with Gasteiger partial charge in [-0.2, -0.15) is 0 Å². The summed E-state index contributed by atoms with van der Waals surface area (Å²) in [4.78, 5) is 2.29. The van der Waals surface area contributed by atoms with E-state index in [4.69, 9.17) is 5.73 Å². The number of nitrogens with zero attached hydrogens (tertiary/aromatic N) is 1. The van der Waals surface area contributed by atoms with Gasteiger partial charge in [-0.1, -0.05) is 13.8 Å². The molecule has 0 aromatic carbocycles. The zero-order chi connectivity index (χ0) is 7.98. The Morgan fingerprint density at radius 1 is 1.40 bits per heavy atom. The van der Waals surface area contributed by atoms with E-state index in [-0.39, 0.29) is 0 Å². The van der Waals surface area contributed by atoms with E-state index in [0.29, 0.717) is 6.04 Å². The third kappa shape index (κ3) is 4.77. The molecule has 0 saturated heterocycles. The minimum Gasteiger partial charge on any atom is -0.327 e. The Balaban J connectivity index is 3.27. The van der Waals surface area contributed by atoms with Crippen molar-refractivity contribution >= 4 is 0 Å². The van der Waals surface area contributed by atoms with Crippen LogP contribution in [-0.4, -0.2) is 31.1 Å². The average molecular weight is 144 g/mol. The molecule has 2 N–H and O–H groups in total. The molecule has 62 valence electrons. The van der Waals surface area contributed by atoms with Gasteiger partial charge in [0.15, 0.2) is 0 Å². The molecule has 2 heteroatoms. The highest BCUT2D eigenvalue weighted by atomic mass is 15.1. The fraction of sp³-hybridized carbons (Fsp3) is 1.00. The van der Waals surface area contributed by atoms with E-state index < -0.39 is 0 Å². The van der Waals surface area contributed by atoms with Crippen molar-refractivity contribution in [3.05, 3.63) is 0 Å². The Labute approximate surface area is 64.4 Å². The van der Waals surface area contributed by atoms with E-state index in [1.807, 2.05) is 0 Å². The summed E-state index contributed by atoms with van der Waals surface area (Å²) < 4.78 is 0. The maximum atomic E-state index is 5.76. The number of likely N-dealkylation sites (N-methyl/N-ethyl adjacent to an activating group) is 1. The molecule has 0 spiro atoms. The monoisotopic (exact) mass is 144 g/mol. The van der Waals surface area contributed by atoms with E-state index in [1.165, 1.54) is 6.42 Å². The molecule has 0 aromatic heterocycles. The first-order valence-electron chi connectivity index (χ1n) is 4.14. The number of hydrogen-bond donors (Lipinski definition) is 1. The molecule has 0 heterocycles. The molecule has 10 heavy (non-hydrogen) atoms. The van der Waals surface area contributed by atoms with Gasteiger partial charge in [0.25, 0.3) is 0 Å². The Kier molecular flexibility index (Phi) is 5.64. The maximum absolute atomic E-state index is 5.76. The van der Waals surface area contributed by atoms with Gasteiger partial charge in [-0.25, -0.2) is 0 Å². The Morgan fingerprint density at radius 2 is 2.00 bits per heavy atom. The molecule has 0 saturated carbocycles. The van der Waals surface area contributed by atoms with Crippen molar-refractivity contribution in [2.24, 2.45) is 5.73 Å². The molecule has 1 unspecified atom stereocenters. The second-order valence-corrected chi connectivity index (χ2v) is 2.93. The molecule has 0 aliphatic heterocycles. The molecule has 0 radical (unpaired) electrons. The standard InChI is InChI=1S/C8H20N2/c1-4-6-10(3)7-8(9)5-2/h8H,4-7,9H2,1-3H3. The largest absolute Gasteiger partial charge is 0.327 e. The van der Waals surface area contributed by atoms with Crippen LogP contribution in [0.3, 0.4) is 0 Å². The van der Waals surface area contributed by atoms with Gasteiger partial charge in [-0.15, -0.1) is 0 Å². The zero-order valence-electron chi connectivity index (χ0n) is 7.43. The number of nitrogens with two attached hydrogens (primary N) is 1. The van der Waals surface area contributed by atoms with Crippen LogP contribution < -0.4 is 5.73 Å². The van der Waals surface area contributed by atoms with Crippen LogP contribution in [0, 0.1) is 0 Å². The quantitative estimate of drug-likeness (QED) is 0.625. The predicted octanol–water partition coefficient (Wildman–Crippen LogP) is 1.07. The molecule has 0 amide bonds. The van der Waals surface area contributed by atoms with Crippen molar-refractivity contribution in [3.8, 4) is 0 Å². The average Bonchev–Trinajstić information content (AvgIpc) is 1.88. The minimum absolute atomic E-state index is 0.358. The van der Waals surface area contributed by atoms with Gasteiger partial charge in [0, 0.05) is 12.6 Å². The molecular weight excluding hydrogens is 124 g/mol. The van der Waals surface area contributed by atoms with Crippen molar-refractivity contribution in [2.45, 2.75) is 32.7 Å². The summed E-state index contributed by atoms with van der Waals surface area (Å²) in [5.41, 5.74) is 5.76. The van der Waals surface area contributed by atoms with Gasteiger partial charge < -0.3 is 10.6 Å². The third-order valence-electron chi connectivity index (χ3n) is 1.68. The smallest absolute Gasteiger partial charge is 0.0165 e. The predicted molar refractivity (Wildman–Crippen MR) is 46.1 cm³/mol. The number of rotatable bonds is 5. The van der Waals surface area contributed by atoms with Gasteiger partial charge in [-0.05, 0) is 26.4 Å². The van der Waals surface area contributed by atoms with Gasteiger partial charge >= 0.3 is 0 Å².